The molecule has 0 fully saturated rings. The van der Waals surface area contributed by atoms with Gasteiger partial charge in [0.25, 0.3) is 5.91 Å². The van der Waals surface area contributed by atoms with Crippen LogP contribution in [0.25, 0.3) is 0 Å². The van der Waals surface area contributed by atoms with Gasteiger partial charge in [0.15, 0.2) is 5.78 Å². The van der Waals surface area contributed by atoms with E-state index in [2.05, 4.69) is 10.6 Å². The lowest BCUT2D eigenvalue weighted by molar-refractivity contribution is -0.112. The van der Waals surface area contributed by atoms with Crippen molar-refractivity contribution in [3.8, 4) is 6.07 Å². The SMILES string of the molecule is CC(=O)c1ccc(N/C=C(/C#N)C(=O)Nc2cccc(C(=O)O)c2)cc1. The van der Waals surface area contributed by atoms with Crippen LogP contribution in [0.5, 0.6) is 0 Å². The van der Waals surface area contributed by atoms with Crippen molar-refractivity contribution in [2.75, 3.05) is 10.6 Å². The Morgan fingerprint density at radius 3 is 2.31 bits per heavy atom. The van der Waals surface area contributed by atoms with E-state index in [1.807, 2.05) is 0 Å². The molecule has 7 heteroatoms. The number of rotatable bonds is 6. The summed E-state index contributed by atoms with van der Waals surface area (Å²) in [5.41, 5.74) is 1.25. The van der Waals surface area contributed by atoms with E-state index in [0.29, 0.717) is 11.3 Å². The molecule has 0 heterocycles. The molecule has 0 aromatic heterocycles. The van der Waals surface area contributed by atoms with Crippen LogP contribution in [-0.2, 0) is 4.79 Å². The van der Waals surface area contributed by atoms with Crippen molar-refractivity contribution < 1.29 is 19.5 Å². The Hall–Kier alpha value is -3.92. The molecule has 7 nitrogen and oxygen atoms in total. The molecule has 3 N–H and O–H groups in total. The van der Waals surface area contributed by atoms with Crippen molar-refractivity contribution in [3.05, 3.63) is 71.4 Å². The standard InChI is InChI=1S/C19H15N3O4/c1-12(23)13-5-7-16(8-6-13)21-11-15(10-20)18(24)22-17-4-2-3-14(9-17)19(25)26/h2-9,11,21H,1H3,(H,22,24)(H,25,26)/b15-11-. The lowest BCUT2D eigenvalue weighted by atomic mass is 10.1. The molecule has 0 unspecified atom stereocenters. The van der Waals surface area contributed by atoms with E-state index < -0.39 is 11.9 Å². The number of hydrogen-bond donors (Lipinski definition) is 3. The number of carbonyl (C=O) groups is 3. The fourth-order valence-electron chi connectivity index (χ4n) is 2.03. The van der Waals surface area contributed by atoms with Crippen LogP contribution in [0, 0.1) is 11.3 Å². The fourth-order valence-corrected chi connectivity index (χ4v) is 2.03. The number of aromatic carboxylic acids is 1. The number of benzene rings is 2. The van der Waals surface area contributed by atoms with Gasteiger partial charge >= 0.3 is 5.97 Å². The minimum absolute atomic E-state index is 0.0222. The minimum Gasteiger partial charge on any atom is -0.478 e. The summed E-state index contributed by atoms with van der Waals surface area (Å²) in [5, 5.41) is 23.4. The number of nitrogens with one attached hydrogen (secondary N) is 2. The molecule has 0 saturated heterocycles. The average Bonchev–Trinajstić information content (AvgIpc) is 2.62. The first-order valence-electron chi connectivity index (χ1n) is 7.53. The van der Waals surface area contributed by atoms with Gasteiger partial charge in [0, 0.05) is 23.1 Å². The summed E-state index contributed by atoms with van der Waals surface area (Å²) in [7, 11) is 0. The number of carboxylic acid groups (broad SMARTS) is 1. The molecule has 0 saturated carbocycles. The van der Waals surface area contributed by atoms with Crippen molar-refractivity contribution in [2.24, 2.45) is 0 Å². The molecule has 0 aliphatic rings. The summed E-state index contributed by atoms with van der Waals surface area (Å²) in [6, 6.07) is 14.0. The fraction of sp³-hybridized carbons (Fsp3) is 0.0526. The van der Waals surface area contributed by atoms with Crippen molar-refractivity contribution >= 4 is 29.0 Å². The highest BCUT2D eigenvalue weighted by Gasteiger charge is 2.11. The Bertz CT molecular complexity index is 925. The maximum absolute atomic E-state index is 12.2. The average molecular weight is 349 g/mol. The zero-order valence-corrected chi connectivity index (χ0v) is 13.8. The van der Waals surface area contributed by atoms with Gasteiger partial charge in [-0.05, 0) is 49.4 Å². The van der Waals surface area contributed by atoms with Gasteiger partial charge in [-0.2, -0.15) is 5.26 Å². The summed E-state index contributed by atoms with van der Waals surface area (Å²) < 4.78 is 0. The second-order valence-corrected chi connectivity index (χ2v) is 5.29. The topological polar surface area (TPSA) is 119 Å². The molecule has 130 valence electrons. The zero-order valence-electron chi connectivity index (χ0n) is 13.8. The van der Waals surface area contributed by atoms with Gasteiger partial charge in [-0.15, -0.1) is 0 Å². The van der Waals surface area contributed by atoms with E-state index in [9.17, 15) is 14.4 Å². The lowest BCUT2D eigenvalue weighted by Crippen LogP contribution is -2.15. The van der Waals surface area contributed by atoms with Crippen molar-refractivity contribution in [1.82, 2.24) is 0 Å². The quantitative estimate of drug-likeness (QED) is 0.419. The van der Waals surface area contributed by atoms with Gasteiger partial charge < -0.3 is 15.7 Å². The summed E-state index contributed by atoms with van der Waals surface area (Å²) in [5.74, 6) is -1.86. The summed E-state index contributed by atoms with van der Waals surface area (Å²) >= 11 is 0. The Balaban J connectivity index is 2.09. The maximum atomic E-state index is 12.2. The smallest absolute Gasteiger partial charge is 0.335 e. The Morgan fingerprint density at radius 1 is 1.04 bits per heavy atom. The lowest BCUT2D eigenvalue weighted by Gasteiger charge is -2.06. The summed E-state index contributed by atoms with van der Waals surface area (Å²) in [6.07, 6.45) is 1.24. The van der Waals surface area contributed by atoms with Crippen LogP contribution >= 0.6 is 0 Å². The van der Waals surface area contributed by atoms with Crippen molar-refractivity contribution in [3.63, 3.8) is 0 Å². The number of Topliss-reactive ketones (excluding diaryl/α,β-unsaturated/α-hetero) is 1. The van der Waals surface area contributed by atoms with Gasteiger partial charge in [-0.25, -0.2) is 4.79 Å². The molecule has 0 bridgehead atoms. The van der Waals surface area contributed by atoms with E-state index in [-0.39, 0.29) is 22.6 Å². The summed E-state index contributed by atoms with van der Waals surface area (Å²) in [4.78, 5) is 34.3. The molecule has 2 aromatic rings. The first-order chi connectivity index (χ1) is 12.4. The molecule has 2 rings (SSSR count). The number of carboxylic acids is 1. The third-order valence-corrected chi connectivity index (χ3v) is 3.41. The van der Waals surface area contributed by atoms with E-state index in [4.69, 9.17) is 10.4 Å². The first kappa shape index (κ1) is 18.4. The van der Waals surface area contributed by atoms with E-state index in [1.165, 1.54) is 37.4 Å². The van der Waals surface area contributed by atoms with Crippen molar-refractivity contribution in [2.45, 2.75) is 6.92 Å². The number of anilines is 2. The minimum atomic E-state index is -1.12. The number of amides is 1. The Morgan fingerprint density at radius 2 is 1.73 bits per heavy atom. The Kier molecular flexibility index (Phi) is 5.85. The molecule has 1 amide bonds. The van der Waals surface area contributed by atoms with E-state index in [0.717, 1.165) is 0 Å². The molecule has 0 radical (unpaired) electrons. The second-order valence-electron chi connectivity index (χ2n) is 5.29. The van der Waals surface area contributed by atoms with Gasteiger partial charge in [0.2, 0.25) is 0 Å². The number of nitriles is 1. The molecule has 0 atom stereocenters. The van der Waals surface area contributed by atoms with Crippen LogP contribution in [0.4, 0.5) is 11.4 Å². The predicted octanol–water partition coefficient (Wildman–Crippen LogP) is 3.05. The molecule has 0 aliphatic heterocycles. The third kappa shape index (κ3) is 4.79. The number of hydrogen-bond acceptors (Lipinski definition) is 5. The van der Waals surface area contributed by atoms with Crippen LogP contribution in [-0.4, -0.2) is 22.8 Å². The molecule has 26 heavy (non-hydrogen) atoms. The van der Waals surface area contributed by atoms with Crippen LogP contribution in [0.15, 0.2) is 60.3 Å². The largest absolute Gasteiger partial charge is 0.478 e. The predicted molar refractivity (Wildman–Crippen MR) is 95.8 cm³/mol. The zero-order chi connectivity index (χ0) is 19.1. The van der Waals surface area contributed by atoms with Crippen LogP contribution in [0.2, 0.25) is 0 Å². The molecular formula is C19H15N3O4. The van der Waals surface area contributed by atoms with Crippen molar-refractivity contribution in [1.29, 1.82) is 5.26 Å². The molecule has 2 aromatic carbocycles. The molecule has 0 spiro atoms. The van der Waals surface area contributed by atoms with Gasteiger partial charge in [-0.3, -0.25) is 9.59 Å². The number of nitrogens with zero attached hydrogens (tertiary/aromatic N) is 1. The van der Waals surface area contributed by atoms with Crippen LogP contribution < -0.4 is 10.6 Å². The second kappa shape index (κ2) is 8.26. The summed E-state index contributed by atoms with van der Waals surface area (Å²) in [6.45, 7) is 1.46. The normalized spacial score (nSPS) is 10.5. The third-order valence-electron chi connectivity index (χ3n) is 3.41. The maximum Gasteiger partial charge on any atom is 0.335 e. The highest BCUT2D eigenvalue weighted by molar-refractivity contribution is 6.07. The van der Waals surface area contributed by atoms with Crippen LogP contribution in [0.1, 0.15) is 27.6 Å². The number of ketones is 1. The van der Waals surface area contributed by atoms with Crippen LogP contribution in [0.3, 0.4) is 0 Å². The first-order valence-corrected chi connectivity index (χ1v) is 7.53. The highest BCUT2D eigenvalue weighted by atomic mass is 16.4. The Labute approximate surface area is 149 Å². The van der Waals surface area contributed by atoms with Gasteiger partial charge in [0.05, 0.1) is 5.56 Å². The van der Waals surface area contributed by atoms with E-state index in [1.54, 1.807) is 30.3 Å². The van der Waals surface area contributed by atoms with Gasteiger partial charge in [0.1, 0.15) is 11.6 Å². The monoisotopic (exact) mass is 349 g/mol. The number of carbonyl (C=O) groups excluding carboxylic acids is 2. The molecule has 0 aliphatic carbocycles. The highest BCUT2D eigenvalue weighted by Crippen LogP contribution is 2.13. The van der Waals surface area contributed by atoms with Gasteiger partial charge in [-0.1, -0.05) is 6.07 Å². The van der Waals surface area contributed by atoms with E-state index >= 15 is 0 Å². The molecular weight excluding hydrogens is 334 g/mol.